The first-order valence-corrected chi connectivity index (χ1v) is 9.83. The summed E-state index contributed by atoms with van der Waals surface area (Å²) in [5.74, 6) is 1.02. The zero-order chi connectivity index (χ0) is 19.6. The number of benzene rings is 2. The van der Waals surface area contributed by atoms with Crippen molar-refractivity contribution >= 4 is 23.4 Å². The Balaban J connectivity index is 1.72. The molecule has 5 nitrogen and oxygen atoms in total. The van der Waals surface area contributed by atoms with Gasteiger partial charge in [-0.05, 0) is 81.1 Å². The second kappa shape index (κ2) is 7.96. The standard InChI is InChI=1S/C21H24N4OS/c1-13-6-8-18(10-15(13)3)22-20(26)12-27-21-24-23-17(5)25(21)19-9-7-14(2)16(4)11-19/h6-11H,12H2,1-5H3,(H,22,26). The van der Waals surface area contributed by atoms with Gasteiger partial charge in [-0.2, -0.15) is 0 Å². The van der Waals surface area contributed by atoms with Crippen molar-refractivity contribution in [1.82, 2.24) is 14.8 Å². The normalized spacial score (nSPS) is 10.9. The van der Waals surface area contributed by atoms with E-state index in [-0.39, 0.29) is 11.7 Å². The number of anilines is 1. The lowest BCUT2D eigenvalue weighted by atomic mass is 10.1. The molecular weight excluding hydrogens is 356 g/mol. The van der Waals surface area contributed by atoms with Crippen molar-refractivity contribution in [1.29, 1.82) is 0 Å². The van der Waals surface area contributed by atoms with Crippen LogP contribution < -0.4 is 5.32 Å². The molecule has 0 fully saturated rings. The summed E-state index contributed by atoms with van der Waals surface area (Å²) in [5.41, 5.74) is 6.65. The molecular formula is C21H24N4OS. The second-order valence-electron chi connectivity index (χ2n) is 6.77. The number of carbonyl (C=O) groups excluding carboxylic acids is 1. The average Bonchev–Trinajstić information content (AvgIpc) is 2.99. The lowest BCUT2D eigenvalue weighted by molar-refractivity contribution is -0.113. The molecule has 0 unspecified atom stereocenters. The van der Waals surface area contributed by atoms with Crippen LogP contribution in [0.2, 0.25) is 0 Å². The smallest absolute Gasteiger partial charge is 0.234 e. The molecule has 0 aliphatic heterocycles. The van der Waals surface area contributed by atoms with Crippen LogP contribution in [0, 0.1) is 34.6 Å². The predicted octanol–water partition coefficient (Wildman–Crippen LogP) is 4.54. The molecule has 1 aromatic heterocycles. The van der Waals surface area contributed by atoms with Gasteiger partial charge in [-0.3, -0.25) is 9.36 Å². The highest BCUT2D eigenvalue weighted by Gasteiger charge is 2.14. The molecule has 27 heavy (non-hydrogen) atoms. The van der Waals surface area contributed by atoms with Crippen LogP contribution in [-0.4, -0.2) is 26.4 Å². The Morgan fingerprint density at radius 3 is 2.26 bits per heavy atom. The molecule has 3 rings (SSSR count). The number of hydrogen-bond acceptors (Lipinski definition) is 4. The highest BCUT2D eigenvalue weighted by atomic mass is 32.2. The number of hydrogen-bond donors (Lipinski definition) is 1. The molecule has 2 aromatic carbocycles. The van der Waals surface area contributed by atoms with Gasteiger partial charge >= 0.3 is 0 Å². The highest BCUT2D eigenvalue weighted by molar-refractivity contribution is 7.99. The minimum Gasteiger partial charge on any atom is -0.325 e. The van der Waals surface area contributed by atoms with Crippen LogP contribution in [0.4, 0.5) is 5.69 Å². The van der Waals surface area contributed by atoms with Gasteiger partial charge in [-0.25, -0.2) is 0 Å². The zero-order valence-electron chi connectivity index (χ0n) is 16.3. The number of rotatable bonds is 5. The van der Waals surface area contributed by atoms with Gasteiger partial charge in [0.1, 0.15) is 5.82 Å². The summed E-state index contributed by atoms with van der Waals surface area (Å²) in [4.78, 5) is 12.3. The third-order valence-electron chi connectivity index (χ3n) is 4.67. The molecule has 3 aromatic rings. The zero-order valence-corrected chi connectivity index (χ0v) is 17.1. The average molecular weight is 381 g/mol. The molecule has 0 aliphatic rings. The van der Waals surface area contributed by atoms with Crippen molar-refractivity contribution in [2.24, 2.45) is 0 Å². The van der Waals surface area contributed by atoms with E-state index in [2.05, 4.69) is 54.5 Å². The highest BCUT2D eigenvalue weighted by Crippen LogP contribution is 2.24. The number of thioether (sulfide) groups is 1. The molecule has 0 radical (unpaired) electrons. The van der Waals surface area contributed by atoms with E-state index >= 15 is 0 Å². The molecule has 0 bridgehead atoms. The van der Waals surface area contributed by atoms with Crippen molar-refractivity contribution in [3.8, 4) is 5.69 Å². The lowest BCUT2D eigenvalue weighted by Gasteiger charge is -2.11. The number of amides is 1. The first-order chi connectivity index (χ1) is 12.8. The monoisotopic (exact) mass is 380 g/mol. The summed E-state index contributed by atoms with van der Waals surface area (Å²) in [7, 11) is 0. The number of nitrogens with one attached hydrogen (secondary N) is 1. The Morgan fingerprint density at radius 1 is 0.926 bits per heavy atom. The third kappa shape index (κ3) is 4.39. The molecule has 0 saturated carbocycles. The summed E-state index contributed by atoms with van der Waals surface area (Å²) in [6, 6.07) is 12.2. The molecule has 0 spiro atoms. The van der Waals surface area contributed by atoms with Crippen LogP contribution in [0.15, 0.2) is 41.6 Å². The van der Waals surface area contributed by atoms with Gasteiger partial charge < -0.3 is 5.32 Å². The van der Waals surface area contributed by atoms with E-state index in [1.165, 1.54) is 28.5 Å². The van der Waals surface area contributed by atoms with Crippen molar-refractivity contribution in [3.63, 3.8) is 0 Å². The fourth-order valence-electron chi connectivity index (χ4n) is 2.74. The van der Waals surface area contributed by atoms with Gasteiger partial charge in [0.25, 0.3) is 0 Å². The van der Waals surface area contributed by atoms with Gasteiger partial charge in [0.2, 0.25) is 5.91 Å². The van der Waals surface area contributed by atoms with Crippen LogP contribution in [-0.2, 0) is 4.79 Å². The van der Waals surface area contributed by atoms with Gasteiger partial charge in [0.15, 0.2) is 5.16 Å². The lowest BCUT2D eigenvalue weighted by Crippen LogP contribution is -2.14. The van der Waals surface area contributed by atoms with Crippen LogP contribution in [0.1, 0.15) is 28.1 Å². The van der Waals surface area contributed by atoms with Crippen LogP contribution in [0.5, 0.6) is 0 Å². The van der Waals surface area contributed by atoms with Crippen LogP contribution in [0.3, 0.4) is 0 Å². The van der Waals surface area contributed by atoms with E-state index in [4.69, 9.17) is 0 Å². The van der Waals surface area contributed by atoms with E-state index in [1.54, 1.807) is 0 Å². The molecule has 0 aliphatic carbocycles. The summed E-state index contributed by atoms with van der Waals surface area (Å²) < 4.78 is 1.99. The molecule has 1 heterocycles. The molecule has 0 saturated heterocycles. The third-order valence-corrected chi connectivity index (χ3v) is 5.60. The minimum atomic E-state index is -0.0597. The number of aryl methyl sites for hydroxylation is 5. The second-order valence-corrected chi connectivity index (χ2v) is 7.71. The first-order valence-electron chi connectivity index (χ1n) is 8.84. The van der Waals surface area contributed by atoms with E-state index in [0.717, 1.165) is 22.8 Å². The Labute approximate surface area is 164 Å². The fourth-order valence-corrected chi connectivity index (χ4v) is 3.54. The van der Waals surface area contributed by atoms with Gasteiger partial charge in [0, 0.05) is 11.4 Å². The topological polar surface area (TPSA) is 59.8 Å². The number of aromatic nitrogens is 3. The quantitative estimate of drug-likeness (QED) is 0.660. The largest absolute Gasteiger partial charge is 0.325 e. The van der Waals surface area contributed by atoms with Crippen molar-refractivity contribution in [2.45, 2.75) is 39.8 Å². The predicted molar refractivity (Wildman–Crippen MR) is 111 cm³/mol. The maximum absolute atomic E-state index is 12.3. The number of carbonyl (C=O) groups is 1. The van der Waals surface area contributed by atoms with E-state index < -0.39 is 0 Å². The summed E-state index contributed by atoms with van der Waals surface area (Å²) in [6.07, 6.45) is 0. The van der Waals surface area contributed by atoms with Gasteiger partial charge in [-0.1, -0.05) is 23.9 Å². The maximum atomic E-state index is 12.3. The Morgan fingerprint density at radius 2 is 1.59 bits per heavy atom. The Bertz CT molecular complexity index is 994. The van der Waals surface area contributed by atoms with Crippen molar-refractivity contribution < 1.29 is 4.79 Å². The van der Waals surface area contributed by atoms with Crippen molar-refractivity contribution in [3.05, 3.63) is 64.5 Å². The van der Waals surface area contributed by atoms with Crippen LogP contribution >= 0.6 is 11.8 Å². The maximum Gasteiger partial charge on any atom is 0.234 e. The Kier molecular flexibility index (Phi) is 5.65. The van der Waals surface area contributed by atoms with E-state index in [9.17, 15) is 4.79 Å². The van der Waals surface area contributed by atoms with E-state index in [0.29, 0.717) is 5.16 Å². The molecule has 6 heteroatoms. The minimum absolute atomic E-state index is 0.0597. The molecule has 140 valence electrons. The van der Waals surface area contributed by atoms with Crippen molar-refractivity contribution in [2.75, 3.05) is 11.1 Å². The van der Waals surface area contributed by atoms with E-state index in [1.807, 2.05) is 36.6 Å². The molecule has 0 atom stereocenters. The van der Waals surface area contributed by atoms with Gasteiger partial charge in [0.05, 0.1) is 5.75 Å². The molecule has 1 N–H and O–H groups in total. The fraction of sp³-hybridized carbons (Fsp3) is 0.286. The summed E-state index contributed by atoms with van der Waals surface area (Å²) >= 11 is 1.38. The number of nitrogens with zero attached hydrogens (tertiary/aromatic N) is 3. The first kappa shape index (κ1) is 19.2. The summed E-state index contributed by atoms with van der Waals surface area (Å²) in [6.45, 7) is 10.2. The molecule has 1 amide bonds. The van der Waals surface area contributed by atoms with Gasteiger partial charge in [-0.15, -0.1) is 10.2 Å². The summed E-state index contributed by atoms with van der Waals surface area (Å²) in [5, 5.41) is 12.1. The Hall–Kier alpha value is -2.60. The van der Waals surface area contributed by atoms with Crippen LogP contribution in [0.25, 0.3) is 5.69 Å². The SMILES string of the molecule is Cc1ccc(NC(=O)CSc2nnc(C)n2-c2ccc(C)c(C)c2)cc1C.